The summed E-state index contributed by atoms with van der Waals surface area (Å²) in [5, 5.41) is 5.10. The number of alkyl halides is 1. The van der Waals surface area contributed by atoms with Gasteiger partial charge in [-0.3, -0.25) is 9.58 Å². The van der Waals surface area contributed by atoms with E-state index in [0.29, 0.717) is 13.0 Å². The number of nitrogens with zero attached hydrogens (tertiary/aromatic N) is 6. The first-order valence-corrected chi connectivity index (χ1v) is 8.72. The van der Waals surface area contributed by atoms with Crippen molar-refractivity contribution >= 4 is 16.7 Å². The predicted molar refractivity (Wildman–Crippen MR) is 89.5 cm³/mol. The zero-order valence-electron chi connectivity index (χ0n) is 13.8. The summed E-state index contributed by atoms with van der Waals surface area (Å²) in [4.78, 5) is 8.81. The molecule has 2 atom stereocenters. The van der Waals surface area contributed by atoms with Gasteiger partial charge < -0.3 is 4.90 Å². The van der Waals surface area contributed by atoms with Gasteiger partial charge in [0.05, 0.1) is 6.20 Å². The lowest BCUT2D eigenvalue weighted by atomic mass is 10.2. The highest BCUT2D eigenvalue weighted by Crippen LogP contribution is 2.25. The monoisotopic (exact) mass is 338 g/mol. The molecule has 0 bridgehead atoms. The van der Waals surface area contributed by atoms with Crippen LogP contribution >= 0.6 is 11.5 Å². The minimum Gasteiger partial charge on any atom is -0.348 e. The van der Waals surface area contributed by atoms with Crippen molar-refractivity contribution in [3.63, 3.8) is 0 Å². The van der Waals surface area contributed by atoms with Gasteiger partial charge in [-0.2, -0.15) is 9.47 Å². The van der Waals surface area contributed by atoms with Crippen LogP contribution in [-0.4, -0.2) is 56.4 Å². The zero-order valence-corrected chi connectivity index (χ0v) is 14.6. The fourth-order valence-corrected chi connectivity index (χ4v) is 3.75. The third-order valence-electron chi connectivity index (χ3n) is 4.21. The summed E-state index contributed by atoms with van der Waals surface area (Å²) in [5.74, 6) is 0.874. The fourth-order valence-electron chi connectivity index (χ4n) is 3.03. The van der Waals surface area contributed by atoms with Crippen LogP contribution in [0.1, 0.15) is 24.7 Å². The molecule has 0 N–H and O–H groups in total. The van der Waals surface area contributed by atoms with Crippen molar-refractivity contribution in [3.05, 3.63) is 23.8 Å². The Balaban J connectivity index is 1.64. The van der Waals surface area contributed by atoms with Crippen LogP contribution in [0.3, 0.4) is 0 Å². The Morgan fingerprint density at radius 3 is 2.96 bits per heavy atom. The summed E-state index contributed by atoms with van der Waals surface area (Å²) in [6.45, 7) is 4.04. The number of likely N-dealkylation sites (tertiary alicyclic amines) is 1. The molecule has 126 valence electrons. The van der Waals surface area contributed by atoms with E-state index in [1.807, 2.05) is 33.4 Å². The third kappa shape index (κ3) is 3.87. The molecule has 0 aliphatic carbocycles. The molecule has 23 heavy (non-hydrogen) atoms. The van der Waals surface area contributed by atoms with Gasteiger partial charge in [-0.1, -0.05) is 6.92 Å². The number of halogens is 1. The van der Waals surface area contributed by atoms with Crippen LogP contribution in [-0.2, 0) is 20.0 Å². The van der Waals surface area contributed by atoms with Crippen LogP contribution in [0.5, 0.6) is 0 Å². The minimum atomic E-state index is -0.759. The maximum Gasteiger partial charge on any atom is 0.204 e. The van der Waals surface area contributed by atoms with Gasteiger partial charge in [0, 0.05) is 69.5 Å². The summed E-state index contributed by atoms with van der Waals surface area (Å²) in [6.07, 6.45) is 4.50. The molecule has 0 unspecified atom stereocenters. The Morgan fingerprint density at radius 1 is 1.48 bits per heavy atom. The average Bonchev–Trinajstić information content (AvgIpc) is 3.21. The molecule has 0 aromatic carbocycles. The van der Waals surface area contributed by atoms with E-state index in [9.17, 15) is 4.39 Å². The lowest BCUT2D eigenvalue weighted by Crippen LogP contribution is -2.38. The molecule has 0 spiro atoms. The second-order valence-corrected chi connectivity index (χ2v) is 6.90. The normalized spacial score (nSPS) is 21.9. The van der Waals surface area contributed by atoms with Crippen LogP contribution < -0.4 is 4.90 Å². The molecule has 2 aromatic heterocycles. The number of rotatable bonds is 6. The van der Waals surface area contributed by atoms with Gasteiger partial charge in [0.25, 0.3) is 0 Å². The number of hydrogen-bond acceptors (Lipinski definition) is 6. The molecule has 3 heterocycles. The van der Waals surface area contributed by atoms with Crippen molar-refractivity contribution in [2.24, 2.45) is 7.05 Å². The van der Waals surface area contributed by atoms with Crippen molar-refractivity contribution < 1.29 is 4.39 Å². The first-order chi connectivity index (χ1) is 11.0. The average molecular weight is 338 g/mol. The van der Waals surface area contributed by atoms with Crippen LogP contribution in [0.2, 0.25) is 0 Å². The first kappa shape index (κ1) is 16.3. The van der Waals surface area contributed by atoms with E-state index in [2.05, 4.69) is 24.3 Å². The molecule has 1 saturated heterocycles. The van der Waals surface area contributed by atoms with Gasteiger partial charge in [-0.05, 0) is 6.42 Å². The van der Waals surface area contributed by atoms with Gasteiger partial charge in [0.15, 0.2) is 0 Å². The molecule has 0 amide bonds. The molecule has 6 nitrogen and oxygen atoms in total. The fraction of sp³-hybridized carbons (Fsp3) is 0.667. The quantitative estimate of drug-likeness (QED) is 0.805. The summed E-state index contributed by atoms with van der Waals surface area (Å²) in [6, 6.07) is 0.184. The zero-order chi connectivity index (χ0) is 16.4. The van der Waals surface area contributed by atoms with Crippen molar-refractivity contribution in [2.75, 3.05) is 25.0 Å². The van der Waals surface area contributed by atoms with Crippen LogP contribution in [0, 0.1) is 0 Å². The highest BCUT2D eigenvalue weighted by Gasteiger charge is 2.33. The Bertz CT molecular complexity index is 641. The lowest BCUT2D eigenvalue weighted by Gasteiger charge is -2.27. The van der Waals surface area contributed by atoms with Crippen LogP contribution in [0.15, 0.2) is 12.4 Å². The van der Waals surface area contributed by atoms with Gasteiger partial charge in [-0.15, -0.1) is 0 Å². The van der Waals surface area contributed by atoms with E-state index in [0.717, 1.165) is 36.0 Å². The predicted octanol–water partition coefficient (Wildman–Crippen LogP) is 1.88. The molecule has 1 aliphatic rings. The summed E-state index contributed by atoms with van der Waals surface area (Å²) < 4.78 is 20.0. The summed E-state index contributed by atoms with van der Waals surface area (Å²) in [7, 11) is 3.91. The molecular weight excluding hydrogens is 315 g/mol. The number of hydrogen-bond donors (Lipinski definition) is 0. The summed E-state index contributed by atoms with van der Waals surface area (Å²) in [5.41, 5.74) is 1.12. The Morgan fingerprint density at radius 2 is 2.30 bits per heavy atom. The number of likely N-dealkylation sites (N-methyl/N-ethyl adjacent to an activating group) is 1. The third-order valence-corrected chi connectivity index (χ3v) is 5.07. The van der Waals surface area contributed by atoms with Gasteiger partial charge in [-0.25, -0.2) is 9.37 Å². The Kier molecular flexibility index (Phi) is 4.91. The second-order valence-electron chi connectivity index (χ2n) is 6.17. The van der Waals surface area contributed by atoms with Crippen molar-refractivity contribution in [2.45, 2.75) is 38.5 Å². The molecule has 3 rings (SSSR count). The van der Waals surface area contributed by atoms with Crippen LogP contribution in [0.25, 0.3) is 0 Å². The minimum absolute atomic E-state index is 0.184. The maximum absolute atomic E-state index is 13.9. The molecule has 1 fully saturated rings. The molecule has 0 saturated carbocycles. The van der Waals surface area contributed by atoms with E-state index in [1.54, 1.807) is 4.68 Å². The van der Waals surface area contributed by atoms with E-state index in [-0.39, 0.29) is 6.04 Å². The van der Waals surface area contributed by atoms with Crippen LogP contribution in [0.4, 0.5) is 9.52 Å². The van der Waals surface area contributed by atoms with Gasteiger partial charge >= 0.3 is 0 Å². The van der Waals surface area contributed by atoms with E-state index < -0.39 is 6.17 Å². The highest BCUT2D eigenvalue weighted by atomic mass is 32.1. The smallest absolute Gasteiger partial charge is 0.204 e. The Hall–Kier alpha value is -1.54. The maximum atomic E-state index is 13.9. The number of aryl methyl sites for hydroxylation is 2. The van der Waals surface area contributed by atoms with E-state index in [4.69, 9.17) is 0 Å². The molecule has 2 aromatic rings. The van der Waals surface area contributed by atoms with E-state index in [1.165, 1.54) is 11.5 Å². The van der Waals surface area contributed by atoms with Crippen molar-refractivity contribution in [1.82, 2.24) is 24.0 Å². The van der Waals surface area contributed by atoms with Gasteiger partial charge in [0.1, 0.15) is 12.0 Å². The number of anilines is 1. The largest absolute Gasteiger partial charge is 0.348 e. The van der Waals surface area contributed by atoms with Crippen molar-refractivity contribution in [3.8, 4) is 0 Å². The van der Waals surface area contributed by atoms with Gasteiger partial charge in [0.2, 0.25) is 5.13 Å². The summed E-state index contributed by atoms with van der Waals surface area (Å²) >= 11 is 1.41. The standard InChI is InChI=1S/C15H23FN6S/c1-4-14-18-15(23-19-14)20(2)10-13-5-12(16)9-22(13)8-11-6-17-21(3)7-11/h6-7,12-13H,4-5,8-10H2,1-3H3/t12-,13-/m0/s1. The molecular formula is C15H23FN6S. The molecule has 8 heteroatoms. The second kappa shape index (κ2) is 6.92. The topological polar surface area (TPSA) is 50.1 Å². The molecule has 1 aliphatic heterocycles. The molecule has 0 radical (unpaired) electrons. The number of aromatic nitrogens is 4. The first-order valence-electron chi connectivity index (χ1n) is 7.94. The SMILES string of the molecule is CCc1nsc(N(C)C[C@@H]2C[C@H](F)CN2Cc2cnn(C)c2)n1. The Labute approximate surface area is 140 Å². The lowest BCUT2D eigenvalue weighted by molar-refractivity contribution is 0.237. The highest BCUT2D eigenvalue weighted by molar-refractivity contribution is 7.09. The van der Waals surface area contributed by atoms with Crippen molar-refractivity contribution in [1.29, 1.82) is 0 Å². The van der Waals surface area contributed by atoms with E-state index >= 15 is 0 Å².